The van der Waals surface area contributed by atoms with E-state index < -0.39 is 0 Å². The average molecular weight is 262 g/mol. The summed E-state index contributed by atoms with van der Waals surface area (Å²) in [5.41, 5.74) is 5.32. The van der Waals surface area contributed by atoms with Crippen LogP contribution in [0.4, 0.5) is 4.39 Å². The number of hydrazine groups is 1. The second kappa shape index (κ2) is 5.95. The molecule has 0 bridgehead atoms. The Hall–Kier alpha value is -1.72. The highest BCUT2D eigenvalue weighted by molar-refractivity contribution is 5.26. The molecule has 2 rings (SSSR count). The second-order valence-electron chi connectivity index (χ2n) is 4.81. The molecule has 1 aromatic carbocycles. The fourth-order valence-corrected chi connectivity index (χ4v) is 2.16. The second-order valence-corrected chi connectivity index (χ2v) is 4.81. The number of halogens is 1. The van der Waals surface area contributed by atoms with Crippen LogP contribution in [0.5, 0.6) is 0 Å². The Morgan fingerprint density at radius 2 is 2.26 bits per heavy atom. The summed E-state index contributed by atoms with van der Waals surface area (Å²) in [6.45, 7) is 1.87. The molecule has 0 fully saturated rings. The first-order chi connectivity index (χ1) is 9.10. The highest BCUT2D eigenvalue weighted by atomic mass is 19.1. The van der Waals surface area contributed by atoms with Gasteiger partial charge < -0.3 is 0 Å². The minimum Gasteiger partial charge on any atom is -0.276 e. The van der Waals surface area contributed by atoms with Crippen LogP contribution in [0.3, 0.4) is 0 Å². The lowest BCUT2D eigenvalue weighted by Gasteiger charge is -2.17. The van der Waals surface area contributed by atoms with Gasteiger partial charge in [0.05, 0.1) is 6.20 Å². The Morgan fingerprint density at radius 3 is 2.84 bits per heavy atom. The van der Waals surface area contributed by atoms with Gasteiger partial charge in [-0.3, -0.25) is 16.0 Å². The SMILES string of the molecule is Cc1ccc(C(CCc2cnn(C)c2)NN)c(F)c1. The molecule has 0 saturated carbocycles. The van der Waals surface area contributed by atoms with Gasteiger partial charge in [-0.25, -0.2) is 4.39 Å². The van der Waals surface area contributed by atoms with Gasteiger partial charge in [0, 0.05) is 24.8 Å². The fourth-order valence-electron chi connectivity index (χ4n) is 2.16. The van der Waals surface area contributed by atoms with Gasteiger partial charge in [-0.15, -0.1) is 0 Å². The minimum atomic E-state index is -0.214. The Balaban J connectivity index is 2.07. The van der Waals surface area contributed by atoms with Crippen molar-refractivity contribution in [1.82, 2.24) is 15.2 Å². The van der Waals surface area contributed by atoms with Crippen LogP contribution in [0, 0.1) is 12.7 Å². The molecular weight excluding hydrogens is 243 g/mol. The van der Waals surface area contributed by atoms with Gasteiger partial charge in [0.2, 0.25) is 0 Å². The molecule has 1 aromatic heterocycles. The molecular formula is C14H19FN4. The van der Waals surface area contributed by atoms with Crippen molar-refractivity contribution >= 4 is 0 Å². The molecule has 1 atom stereocenters. The highest BCUT2D eigenvalue weighted by Crippen LogP contribution is 2.22. The van der Waals surface area contributed by atoms with Crippen LogP contribution in [0.25, 0.3) is 0 Å². The number of nitrogens with one attached hydrogen (secondary N) is 1. The van der Waals surface area contributed by atoms with Crippen LogP contribution in [-0.2, 0) is 13.5 Å². The molecule has 102 valence electrons. The molecule has 0 saturated heterocycles. The first-order valence-electron chi connectivity index (χ1n) is 6.30. The lowest BCUT2D eigenvalue weighted by Crippen LogP contribution is -2.29. The molecule has 1 heterocycles. The maximum atomic E-state index is 13.9. The third kappa shape index (κ3) is 3.39. The molecule has 4 nitrogen and oxygen atoms in total. The molecule has 0 aliphatic heterocycles. The van der Waals surface area contributed by atoms with E-state index >= 15 is 0 Å². The van der Waals surface area contributed by atoms with E-state index in [1.165, 1.54) is 6.07 Å². The zero-order valence-corrected chi connectivity index (χ0v) is 11.2. The molecule has 2 aromatic rings. The van der Waals surface area contributed by atoms with Crippen molar-refractivity contribution in [1.29, 1.82) is 0 Å². The van der Waals surface area contributed by atoms with Crippen molar-refractivity contribution in [2.24, 2.45) is 12.9 Å². The van der Waals surface area contributed by atoms with Crippen LogP contribution < -0.4 is 11.3 Å². The van der Waals surface area contributed by atoms with E-state index in [-0.39, 0.29) is 11.9 Å². The largest absolute Gasteiger partial charge is 0.276 e. The van der Waals surface area contributed by atoms with Crippen molar-refractivity contribution in [3.63, 3.8) is 0 Å². The fraction of sp³-hybridized carbons (Fsp3) is 0.357. The predicted octanol–water partition coefficient (Wildman–Crippen LogP) is 2.00. The van der Waals surface area contributed by atoms with Gasteiger partial charge in [-0.2, -0.15) is 5.10 Å². The van der Waals surface area contributed by atoms with E-state index in [2.05, 4.69) is 10.5 Å². The van der Waals surface area contributed by atoms with Crippen LogP contribution in [0.15, 0.2) is 30.6 Å². The molecule has 19 heavy (non-hydrogen) atoms. The zero-order chi connectivity index (χ0) is 13.8. The van der Waals surface area contributed by atoms with Crippen LogP contribution in [-0.4, -0.2) is 9.78 Å². The molecule has 5 heteroatoms. The van der Waals surface area contributed by atoms with E-state index in [1.807, 2.05) is 32.4 Å². The summed E-state index contributed by atoms with van der Waals surface area (Å²) in [5, 5.41) is 4.11. The van der Waals surface area contributed by atoms with E-state index in [4.69, 9.17) is 5.84 Å². The minimum absolute atomic E-state index is 0.194. The van der Waals surface area contributed by atoms with Gasteiger partial charge in [-0.1, -0.05) is 12.1 Å². The number of hydrogen-bond acceptors (Lipinski definition) is 3. The van der Waals surface area contributed by atoms with Crippen molar-refractivity contribution in [2.75, 3.05) is 0 Å². The molecule has 0 spiro atoms. The smallest absolute Gasteiger partial charge is 0.128 e. The van der Waals surface area contributed by atoms with Gasteiger partial charge >= 0.3 is 0 Å². The van der Waals surface area contributed by atoms with Gasteiger partial charge in [-0.05, 0) is 37.0 Å². The van der Waals surface area contributed by atoms with Crippen molar-refractivity contribution in [3.05, 3.63) is 53.1 Å². The summed E-state index contributed by atoms with van der Waals surface area (Å²) < 4.78 is 15.7. The first-order valence-corrected chi connectivity index (χ1v) is 6.30. The van der Waals surface area contributed by atoms with Crippen LogP contribution in [0.1, 0.15) is 29.2 Å². The third-order valence-electron chi connectivity index (χ3n) is 3.21. The number of hydrogen-bond donors (Lipinski definition) is 2. The molecule has 3 N–H and O–H groups in total. The first kappa shape index (κ1) is 13.7. The van der Waals surface area contributed by atoms with Crippen LogP contribution >= 0.6 is 0 Å². The van der Waals surface area contributed by atoms with E-state index in [1.54, 1.807) is 10.7 Å². The maximum absolute atomic E-state index is 13.9. The summed E-state index contributed by atoms with van der Waals surface area (Å²) in [6.07, 6.45) is 5.30. The van der Waals surface area contributed by atoms with Crippen molar-refractivity contribution in [3.8, 4) is 0 Å². The number of nitrogens with two attached hydrogens (primary N) is 1. The van der Waals surface area contributed by atoms with Crippen molar-refractivity contribution in [2.45, 2.75) is 25.8 Å². The van der Waals surface area contributed by atoms with E-state index in [0.29, 0.717) is 5.56 Å². The quantitative estimate of drug-likeness (QED) is 0.640. The Labute approximate surface area is 112 Å². The Bertz CT molecular complexity index is 550. The zero-order valence-electron chi connectivity index (χ0n) is 11.2. The van der Waals surface area contributed by atoms with Crippen LogP contribution in [0.2, 0.25) is 0 Å². The number of aryl methyl sites for hydroxylation is 3. The average Bonchev–Trinajstić information content (AvgIpc) is 2.78. The summed E-state index contributed by atoms with van der Waals surface area (Å²) in [6, 6.07) is 5.02. The number of rotatable bonds is 5. The third-order valence-corrected chi connectivity index (χ3v) is 3.21. The lowest BCUT2D eigenvalue weighted by molar-refractivity contribution is 0.485. The molecule has 0 radical (unpaired) electrons. The molecule has 1 unspecified atom stereocenters. The lowest BCUT2D eigenvalue weighted by atomic mass is 9.99. The summed E-state index contributed by atoms with van der Waals surface area (Å²) in [5.74, 6) is 5.33. The summed E-state index contributed by atoms with van der Waals surface area (Å²) in [7, 11) is 1.88. The predicted molar refractivity (Wildman–Crippen MR) is 72.7 cm³/mol. The van der Waals surface area contributed by atoms with E-state index in [9.17, 15) is 4.39 Å². The molecule has 0 amide bonds. The topological polar surface area (TPSA) is 55.9 Å². The van der Waals surface area contributed by atoms with Gasteiger partial charge in [0.1, 0.15) is 5.82 Å². The number of nitrogens with zero attached hydrogens (tertiary/aromatic N) is 2. The normalized spacial score (nSPS) is 12.6. The number of aromatic nitrogens is 2. The molecule has 0 aliphatic rings. The Kier molecular flexibility index (Phi) is 4.29. The standard InChI is InChI=1S/C14H19FN4/c1-10-3-5-12(13(15)7-10)14(18-16)6-4-11-8-17-19(2)9-11/h3,5,7-9,14,18H,4,6,16H2,1-2H3. The highest BCUT2D eigenvalue weighted by Gasteiger charge is 2.14. The van der Waals surface area contributed by atoms with Gasteiger partial charge in [0.15, 0.2) is 0 Å². The monoisotopic (exact) mass is 262 g/mol. The number of benzene rings is 1. The maximum Gasteiger partial charge on any atom is 0.128 e. The summed E-state index contributed by atoms with van der Waals surface area (Å²) in [4.78, 5) is 0. The summed E-state index contributed by atoms with van der Waals surface area (Å²) >= 11 is 0. The van der Waals surface area contributed by atoms with E-state index in [0.717, 1.165) is 24.0 Å². The molecule has 0 aliphatic carbocycles. The van der Waals surface area contributed by atoms with Crippen molar-refractivity contribution < 1.29 is 4.39 Å². The Morgan fingerprint density at radius 1 is 1.47 bits per heavy atom. The van der Waals surface area contributed by atoms with Gasteiger partial charge in [0.25, 0.3) is 0 Å².